The van der Waals surface area contributed by atoms with Gasteiger partial charge in [0.05, 0.1) is 5.41 Å². The summed E-state index contributed by atoms with van der Waals surface area (Å²) in [5.74, 6) is 1.45. The minimum atomic E-state index is -0.420. The van der Waals surface area contributed by atoms with Gasteiger partial charge in [-0.2, -0.15) is 0 Å². The van der Waals surface area contributed by atoms with Crippen LogP contribution in [0.15, 0.2) is 11.8 Å². The van der Waals surface area contributed by atoms with Gasteiger partial charge >= 0.3 is 5.97 Å². The van der Waals surface area contributed by atoms with Gasteiger partial charge in [0.2, 0.25) is 0 Å². The molecule has 20 heavy (non-hydrogen) atoms. The summed E-state index contributed by atoms with van der Waals surface area (Å²) in [5, 5.41) is 0. The molecule has 0 unspecified atom stereocenters. The van der Waals surface area contributed by atoms with E-state index >= 15 is 0 Å². The molecule has 0 aromatic carbocycles. The van der Waals surface area contributed by atoms with Crippen LogP contribution >= 0.6 is 0 Å². The zero-order chi connectivity index (χ0) is 15.0. The summed E-state index contributed by atoms with van der Waals surface area (Å²) in [5.41, 5.74) is 0.742. The van der Waals surface area contributed by atoms with Crippen LogP contribution in [-0.4, -0.2) is 5.97 Å². The number of carbonyl (C=O) groups is 1. The lowest BCUT2D eigenvalue weighted by Crippen LogP contribution is -2.35. The maximum absolute atomic E-state index is 12.1. The molecule has 0 saturated heterocycles. The van der Waals surface area contributed by atoms with Gasteiger partial charge in [-0.15, -0.1) is 0 Å². The van der Waals surface area contributed by atoms with E-state index in [4.69, 9.17) is 4.74 Å². The second-order valence-electron chi connectivity index (χ2n) is 9.05. The van der Waals surface area contributed by atoms with Crippen LogP contribution in [0.25, 0.3) is 0 Å². The molecule has 2 fully saturated rings. The molecule has 112 valence electrons. The van der Waals surface area contributed by atoms with Gasteiger partial charge in [-0.1, -0.05) is 27.2 Å². The normalized spacial score (nSPS) is 41.5. The monoisotopic (exact) mass is 276 g/mol. The highest BCUT2D eigenvalue weighted by Crippen LogP contribution is 2.85. The van der Waals surface area contributed by atoms with E-state index in [0.717, 1.165) is 12.2 Å². The fourth-order valence-corrected chi connectivity index (χ4v) is 5.23. The third-order valence-corrected chi connectivity index (χ3v) is 6.50. The summed E-state index contributed by atoms with van der Waals surface area (Å²) in [6, 6.07) is 0. The number of hydrogen-bond donors (Lipinski definition) is 0. The number of rotatable bonds is 1. The molecule has 3 atom stereocenters. The fraction of sp³-hybridized carbons (Fsp3) is 0.833. The molecule has 3 aliphatic carbocycles. The average Bonchev–Trinajstić information content (AvgIpc) is 2.67. The minimum Gasteiger partial charge on any atom is -0.431 e. The summed E-state index contributed by atoms with van der Waals surface area (Å²) in [6.07, 6.45) is 7.21. The third kappa shape index (κ3) is 1.54. The van der Waals surface area contributed by atoms with Gasteiger partial charge < -0.3 is 4.74 Å². The van der Waals surface area contributed by atoms with Crippen LogP contribution in [0.3, 0.4) is 0 Å². The number of ether oxygens (including phenoxy) is 1. The maximum atomic E-state index is 12.1. The van der Waals surface area contributed by atoms with E-state index in [2.05, 4.69) is 26.8 Å². The van der Waals surface area contributed by atoms with Crippen LogP contribution in [-0.2, 0) is 9.53 Å². The molecule has 0 N–H and O–H groups in total. The van der Waals surface area contributed by atoms with Crippen molar-refractivity contribution in [1.82, 2.24) is 0 Å². The van der Waals surface area contributed by atoms with Gasteiger partial charge in [-0.25, -0.2) is 0 Å². The lowest BCUT2D eigenvalue weighted by Gasteiger charge is -2.42. The molecule has 2 heteroatoms. The number of carbonyl (C=O) groups excluding carboxylic acids is 1. The Kier molecular flexibility index (Phi) is 2.62. The number of allylic oxidation sites excluding steroid dienone is 2. The molecular formula is C18H28O2. The Morgan fingerprint density at radius 1 is 1.25 bits per heavy atom. The van der Waals surface area contributed by atoms with Crippen LogP contribution < -0.4 is 0 Å². The second-order valence-corrected chi connectivity index (χ2v) is 9.05. The molecule has 2 nitrogen and oxygen atoms in total. The Labute approximate surface area is 123 Å². The van der Waals surface area contributed by atoms with Crippen LogP contribution in [0.2, 0.25) is 0 Å². The summed E-state index contributed by atoms with van der Waals surface area (Å²) in [4.78, 5) is 12.1. The molecule has 0 amide bonds. The van der Waals surface area contributed by atoms with Gasteiger partial charge in [-0.05, 0) is 61.9 Å². The molecule has 3 rings (SSSR count). The van der Waals surface area contributed by atoms with E-state index in [9.17, 15) is 4.79 Å². The zero-order valence-corrected chi connectivity index (χ0v) is 13.8. The molecular weight excluding hydrogens is 248 g/mol. The lowest BCUT2D eigenvalue weighted by molar-refractivity contribution is -0.149. The van der Waals surface area contributed by atoms with Gasteiger partial charge in [0.25, 0.3) is 0 Å². The van der Waals surface area contributed by atoms with Gasteiger partial charge in [0.15, 0.2) is 0 Å². The van der Waals surface area contributed by atoms with Crippen molar-refractivity contribution in [1.29, 1.82) is 0 Å². The number of fused-ring (bicyclic) bond motifs is 1. The summed E-state index contributed by atoms with van der Waals surface area (Å²) >= 11 is 0. The van der Waals surface area contributed by atoms with Crippen LogP contribution in [0.1, 0.15) is 67.2 Å². The first kappa shape index (κ1) is 14.2. The average molecular weight is 276 g/mol. The Morgan fingerprint density at radius 2 is 1.90 bits per heavy atom. The molecule has 0 bridgehead atoms. The number of esters is 1. The first-order valence-electron chi connectivity index (χ1n) is 7.98. The molecule has 0 heterocycles. The van der Waals surface area contributed by atoms with Gasteiger partial charge in [0.1, 0.15) is 5.76 Å². The van der Waals surface area contributed by atoms with Crippen molar-refractivity contribution in [3.63, 3.8) is 0 Å². The first-order valence-corrected chi connectivity index (χ1v) is 7.98. The van der Waals surface area contributed by atoms with Gasteiger partial charge in [-0.3, -0.25) is 4.79 Å². The van der Waals surface area contributed by atoms with Crippen LogP contribution in [0.4, 0.5) is 0 Å². The van der Waals surface area contributed by atoms with Crippen LogP contribution in [0.5, 0.6) is 0 Å². The molecule has 3 aliphatic rings. The predicted octanol–water partition coefficient (Wildman–Crippen LogP) is 4.70. The Balaban J connectivity index is 1.81. The van der Waals surface area contributed by atoms with E-state index in [1.54, 1.807) is 0 Å². The second kappa shape index (κ2) is 3.69. The molecule has 0 aromatic rings. The predicted molar refractivity (Wildman–Crippen MR) is 79.9 cm³/mol. The molecule has 0 radical (unpaired) electrons. The quantitative estimate of drug-likeness (QED) is 0.649. The van der Waals surface area contributed by atoms with Crippen molar-refractivity contribution in [2.75, 3.05) is 0 Å². The highest BCUT2D eigenvalue weighted by Gasteiger charge is 2.80. The van der Waals surface area contributed by atoms with E-state index in [1.807, 2.05) is 20.8 Å². The topological polar surface area (TPSA) is 26.3 Å². The van der Waals surface area contributed by atoms with Gasteiger partial charge in [0, 0.05) is 6.42 Å². The zero-order valence-electron chi connectivity index (χ0n) is 13.8. The first-order chi connectivity index (χ1) is 9.05. The summed E-state index contributed by atoms with van der Waals surface area (Å²) in [6.45, 7) is 13.0. The SMILES string of the molecule is CC(C)(C)C(=O)OC1=C[C@H]2[C@@]3(C)CCCC(C)(C)[C@@]23C1. The van der Waals surface area contributed by atoms with Crippen molar-refractivity contribution in [2.24, 2.45) is 27.6 Å². The lowest BCUT2D eigenvalue weighted by atomic mass is 9.62. The van der Waals surface area contributed by atoms with E-state index in [1.165, 1.54) is 19.3 Å². The smallest absolute Gasteiger partial charge is 0.316 e. The highest BCUT2D eigenvalue weighted by molar-refractivity contribution is 5.76. The maximum Gasteiger partial charge on any atom is 0.316 e. The third-order valence-electron chi connectivity index (χ3n) is 6.50. The summed E-state index contributed by atoms with van der Waals surface area (Å²) < 4.78 is 5.68. The highest BCUT2D eigenvalue weighted by atomic mass is 16.5. The van der Waals surface area contributed by atoms with E-state index in [-0.39, 0.29) is 5.97 Å². The van der Waals surface area contributed by atoms with E-state index < -0.39 is 5.41 Å². The Morgan fingerprint density at radius 3 is 2.50 bits per heavy atom. The number of hydrogen-bond acceptors (Lipinski definition) is 2. The standard InChI is InChI=1S/C18H28O2/c1-15(2,3)14(19)20-12-10-13-17(6)9-7-8-16(4,5)18(13,17)11-12/h10,13H,7-9,11H2,1-6H3/t13-,17+,18+/m0/s1. The van der Waals surface area contributed by atoms with Crippen molar-refractivity contribution in [3.8, 4) is 0 Å². The minimum absolute atomic E-state index is 0.100. The largest absolute Gasteiger partial charge is 0.431 e. The fourth-order valence-electron chi connectivity index (χ4n) is 5.23. The summed E-state index contributed by atoms with van der Waals surface area (Å²) in [7, 11) is 0. The Hall–Kier alpha value is -0.790. The molecule has 0 aliphatic heterocycles. The van der Waals surface area contributed by atoms with Crippen molar-refractivity contribution < 1.29 is 9.53 Å². The Bertz CT molecular complexity index is 494. The van der Waals surface area contributed by atoms with Crippen molar-refractivity contribution >= 4 is 5.97 Å². The van der Waals surface area contributed by atoms with Crippen molar-refractivity contribution in [3.05, 3.63) is 11.8 Å². The van der Waals surface area contributed by atoms with E-state index in [0.29, 0.717) is 22.2 Å². The van der Waals surface area contributed by atoms with Crippen LogP contribution in [0, 0.1) is 27.6 Å². The molecule has 0 aromatic heterocycles. The molecule has 1 spiro atoms. The molecule has 2 saturated carbocycles. The van der Waals surface area contributed by atoms with Crippen molar-refractivity contribution in [2.45, 2.75) is 67.2 Å².